The van der Waals surface area contributed by atoms with Gasteiger partial charge in [0.05, 0.1) is 6.54 Å². The molecule has 2 fully saturated rings. The van der Waals surface area contributed by atoms with Crippen molar-refractivity contribution in [2.24, 2.45) is 0 Å². The van der Waals surface area contributed by atoms with Gasteiger partial charge in [0.25, 0.3) is 0 Å². The summed E-state index contributed by atoms with van der Waals surface area (Å²) in [7, 11) is 2.17. The molecule has 0 saturated carbocycles. The lowest BCUT2D eigenvalue weighted by atomic mass is 10.1. The Morgan fingerprint density at radius 3 is 2.61 bits per heavy atom. The largest absolute Gasteiger partial charge is 0.370 e. The van der Waals surface area contributed by atoms with Crippen LogP contribution in [0.3, 0.4) is 0 Å². The minimum absolute atomic E-state index is 0.120. The van der Waals surface area contributed by atoms with Crippen molar-refractivity contribution in [2.75, 3.05) is 76.2 Å². The average Bonchev–Trinajstić information content (AvgIpc) is 2.79. The molecule has 0 aliphatic carbocycles. The van der Waals surface area contributed by atoms with Crippen molar-refractivity contribution in [2.45, 2.75) is 13.3 Å². The summed E-state index contributed by atoms with van der Waals surface area (Å²) in [6.45, 7) is 10.2. The normalized spacial score (nSPS) is 18.1. The van der Waals surface area contributed by atoms with Crippen molar-refractivity contribution in [3.05, 3.63) is 36.0 Å². The molecule has 2 N–H and O–H groups in total. The molecule has 2 saturated heterocycles. The van der Waals surface area contributed by atoms with Crippen molar-refractivity contribution < 1.29 is 4.79 Å². The van der Waals surface area contributed by atoms with Crippen molar-refractivity contribution in [1.29, 1.82) is 0 Å². The molecule has 0 radical (unpaired) electrons. The first-order valence-corrected chi connectivity index (χ1v) is 11.2. The molecule has 1 aromatic heterocycles. The highest BCUT2D eigenvalue weighted by Crippen LogP contribution is 2.23. The molecular weight excluding hydrogens is 390 g/mol. The van der Waals surface area contributed by atoms with Crippen molar-refractivity contribution in [1.82, 2.24) is 25.1 Å². The van der Waals surface area contributed by atoms with Crippen LogP contribution in [0.2, 0.25) is 0 Å². The van der Waals surface area contributed by atoms with E-state index in [0.29, 0.717) is 6.54 Å². The number of nitrogens with zero attached hydrogens (tertiary/aromatic N) is 5. The summed E-state index contributed by atoms with van der Waals surface area (Å²) in [5.41, 5.74) is 3.32. The number of hydrogen-bond acceptors (Lipinski definition) is 7. The molecule has 1 aromatic carbocycles. The first-order chi connectivity index (χ1) is 15.1. The summed E-state index contributed by atoms with van der Waals surface area (Å²) in [5.74, 6) is 1.74. The molecule has 8 nitrogen and oxygen atoms in total. The number of piperazine rings is 2. The molecule has 31 heavy (non-hydrogen) atoms. The average molecular weight is 424 g/mol. The first-order valence-electron chi connectivity index (χ1n) is 11.2. The quantitative estimate of drug-likeness (QED) is 0.653. The Balaban J connectivity index is 1.33. The van der Waals surface area contributed by atoms with E-state index >= 15 is 0 Å². The Bertz CT molecular complexity index is 878. The molecule has 2 aromatic rings. The predicted octanol–water partition coefficient (Wildman–Crippen LogP) is 1.44. The van der Waals surface area contributed by atoms with Crippen LogP contribution < -0.4 is 15.5 Å². The molecule has 1 amide bonds. The number of amides is 1. The van der Waals surface area contributed by atoms with Crippen LogP contribution in [0.5, 0.6) is 0 Å². The molecule has 166 valence electrons. The van der Waals surface area contributed by atoms with Gasteiger partial charge in [-0.2, -0.15) is 0 Å². The number of nitrogens with one attached hydrogen (secondary N) is 2. The van der Waals surface area contributed by atoms with Gasteiger partial charge in [-0.15, -0.1) is 0 Å². The lowest BCUT2D eigenvalue weighted by Crippen LogP contribution is -2.47. The Hall–Kier alpha value is -2.71. The molecule has 4 rings (SSSR count). The van der Waals surface area contributed by atoms with E-state index in [0.717, 1.165) is 81.5 Å². The summed E-state index contributed by atoms with van der Waals surface area (Å²) in [5, 5.41) is 6.31. The monoisotopic (exact) mass is 423 g/mol. The number of aryl methyl sites for hydroxylation is 1. The van der Waals surface area contributed by atoms with Crippen LogP contribution in [-0.4, -0.2) is 91.6 Å². The van der Waals surface area contributed by atoms with Gasteiger partial charge in [-0.05, 0) is 44.7 Å². The van der Waals surface area contributed by atoms with E-state index in [4.69, 9.17) is 4.98 Å². The maximum Gasteiger partial charge on any atom is 0.234 e. The second kappa shape index (κ2) is 10.1. The van der Waals surface area contributed by atoms with Crippen LogP contribution in [0.15, 0.2) is 30.5 Å². The number of carbonyl (C=O) groups excluding carboxylic acids is 1. The molecule has 2 aliphatic heterocycles. The number of carbonyl (C=O) groups is 1. The Morgan fingerprint density at radius 1 is 1.10 bits per heavy atom. The van der Waals surface area contributed by atoms with E-state index in [2.05, 4.69) is 61.6 Å². The van der Waals surface area contributed by atoms with Crippen LogP contribution in [0.4, 0.5) is 11.5 Å². The lowest BCUT2D eigenvalue weighted by Gasteiger charge is -2.34. The topological polar surface area (TPSA) is 76.6 Å². The van der Waals surface area contributed by atoms with Gasteiger partial charge in [0.15, 0.2) is 5.82 Å². The van der Waals surface area contributed by atoms with Gasteiger partial charge in [-0.1, -0.05) is 0 Å². The fourth-order valence-electron chi connectivity index (χ4n) is 4.04. The lowest BCUT2D eigenvalue weighted by molar-refractivity contribution is -0.124. The van der Waals surface area contributed by atoms with Gasteiger partial charge < -0.3 is 20.4 Å². The third-order valence-corrected chi connectivity index (χ3v) is 6.03. The highest BCUT2D eigenvalue weighted by Gasteiger charge is 2.16. The van der Waals surface area contributed by atoms with Gasteiger partial charge in [0.1, 0.15) is 5.82 Å². The molecule has 0 atom stereocenters. The zero-order valence-corrected chi connectivity index (χ0v) is 18.6. The summed E-state index contributed by atoms with van der Waals surface area (Å²) in [4.78, 5) is 27.8. The first kappa shape index (κ1) is 21.5. The standard InChI is InChI=1S/C23H33N7O/c1-18-16-26-23(19-4-6-20(7-5-19)30-14-12-28(2)13-15-30)27-22(18)25-8-3-10-29-11-9-24-21(31)17-29/h4-7,16H,3,8-15,17H2,1-2H3,(H,24,31)(H,25,26,27). The van der Waals surface area contributed by atoms with Crippen LogP contribution in [0.25, 0.3) is 11.4 Å². The predicted molar refractivity (Wildman–Crippen MR) is 124 cm³/mol. The molecule has 3 heterocycles. The number of hydrogen-bond donors (Lipinski definition) is 2. The summed E-state index contributed by atoms with van der Waals surface area (Å²) >= 11 is 0. The fraction of sp³-hybridized carbons (Fsp3) is 0.522. The molecule has 0 spiro atoms. The van der Waals surface area contributed by atoms with E-state index in [1.165, 1.54) is 5.69 Å². The van der Waals surface area contributed by atoms with E-state index in [1.54, 1.807) is 0 Å². The van der Waals surface area contributed by atoms with Crippen LogP contribution in [0.1, 0.15) is 12.0 Å². The van der Waals surface area contributed by atoms with Gasteiger partial charge in [0.2, 0.25) is 5.91 Å². The molecule has 0 bridgehead atoms. The third kappa shape index (κ3) is 5.71. The van der Waals surface area contributed by atoms with E-state index in [9.17, 15) is 4.79 Å². The van der Waals surface area contributed by atoms with Gasteiger partial charge in [0, 0.05) is 75.4 Å². The van der Waals surface area contributed by atoms with Crippen molar-refractivity contribution in [3.8, 4) is 11.4 Å². The fourth-order valence-corrected chi connectivity index (χ4v) is 4.04. The third-order valence-electron chi connectivity index (χ3n) is 6.03. The molecule has 2 aliphatic rings. The second-order valence-electron chi connectivity index (χ2n) is 8.47. The van der Waals surface area contributed by atoms with Crippen LogP contribution in [0, 0.1) is 6.92 Å². The van der Waals surface area contributed by atoms with E-state index in [-0.39, 0.29) is 5.91 Å². The summed E-state index contributed by atoms with van der Waals surface area (Å²) < 4.78 is 0. The summed E-state index contributed by atoms with van der Waals surface area (Å²) in [6.07, 6.45) is 2.85. The highest BCUT2D eigenvalue weighted by molar-refractivity contribution is 5.78. The molecule has 0 unspecified atom stereocenters. The van der Waals surface area contributed by atoms with Crippen LogP contribution >= 0.6 is 0 Å². The maximum atomic E-state index is 11.5. The number of anilines is 2. The number of aromatic nitrogens is 2. The maximum absolute atomic E-state index is 11.5. The molecular formula is C23H33N7O. The van der Waals surface area contributed by atoms with E-state index < -0.39 is 0 Å². The summed E-state index contributed by atoms with van der Waals surface area (Å²) in [6, 6.07) is 8.57. The minimum atomic E-state index is 0.120. The Kier molecular flexibility index (Phi) is 6.99. The second-order valence-corrected chi connectivity index (χ2v) is 8.47. The highest BCUT2D eigenvalue weighted by atomic mass is 16.2. The SMILES string of the molecule is Cc1cnc(-c2ccc(N3CCN(C)CC3)cc2)nc1NCCCN1CCNC(=O)C1. The number of rotatable bonds is 7. The van der Waals surface area contributed by atoms with Crippen LogP contribution in [-0.2, 0) is 4.79 Å². The van der Waals surface area contributed by atoms with Crippen molar-refractivity contribution >= 4 is 17.4 Å². The van der Waals surface area contributed by atoms with Gasteiger partial charge in [-0.25, -0.2) is 9.97 Å². The zero-order valence-electron chi connectivity index (χ0n) is 18.6. The smallest absolute Gasteiger partial charge is 0.234 e. The Morgan fingerprint density at radius 2 is 1.87 bits per heavy atom. The van der Waals surface area contributed by atoms with E-state index in [1.807, 2.05) is 13.1 Å². The van der Waals surface area contributed by atoms with Gasteiger partial charge >= 0.3 is 0 Å². The number of likely N-dealkylation sites (N-methyl/N-ethyl adjacent to an activating group) is 1. The van der Waals surface area contributed by atoms with Crippen molar-refractivity contribution in [3.63, 3.8) is 0 Å². The minimum Gasteiger partial charge on any atom is -0.370 e. The zero-order chi connectivity index (χ0) is 21.6. The molecule has 8 heteroatoms. The number of benzene rings is 1. The van der Waals surface area contributed by atoms with Gasteiger partial charge in [-0.3, -0.25) is 9.69 Å². The Labute approximate surface area is 184 Å².